The molecule has 2 aromatic carbocycles. The molecule has 0 unspecified atom stereocenters. The normalized spacial score (nSPS) is 23.5. The fourth-order valence-electron chi connectivity index (χ4n) is 5.74. The lowest BCUT2D eigenvalue weighted by molar-refractivity contribution is -0.144. The molecule has 4 rings (SSSR count). The summed E-state index contributed by atoms with van der Waals surface area (Å²) in [6.45, 7) is 0.246. The SMILES string of the molecule is CN[C@H](Cc1ccccc1)C(=O)N[C@@H]1C(=O)N2[C@@H](CC[C@@H]1CO)CC[C@H]2C(=O)NCCc1ccc(OC)cc1. The molecule has 0 radical (unpaired) electrons. The quantitative estimate of drug-likeness (QED) is 0.345. The molecule has 0 aliphatic carbocycles. The molecule has 3 amide bonds. The first-order valence-corrected chi connectivity index (χ1v) is 13.8. The standard InChI is InChI=1S/C30H40N4O5/c1-31-25(18-21-6-4-3-5-7-21)28(36)33-27-22(19-35)10-11-23-12-15-26(34(23)30(27)38)29(37)32-17-16-20-8-13-24(39-2)14-9-20/h3-9,13-14,22-23,25-27,31,35H,10-12,15-19H2,1-2H3,(H,32,37)(H,33,36)/t22-,23+,25-,26+,27+/m1/s1. The molecule has 4 N–H and O–H groups in total. The third-order valence-electron chi connectivity index (χ3n) is 8.02. The van der Waals surface area contributed by atoms with Gasteiger partial charge in [-0.1, -0.05) is 42.5 Å². The van der Waals surface area contributed by atoms with Crippen LogP contribution in [-0.4, -0.2) is 79.2 Å². The van der Waals surface area contributed by atoms with Gasteiger partial charge >= 0.3 is 0 Å². The summed E-state index contributed by atoms with van der Waals surface area (Å²) in [6.07, 6.45) is 3.75. The fraction of sp³-hybridized carbons (Fsp3) is 0.500. The minimum atomic E-state index is -0.883. The van der Waals surface area contributed by atoms with Crippen molar-refractivity contribution in [3.63, 3.8) is 0 Å². The fourth-order valence-corrected chi connectivity index (χ4v) is 5.74. The molecule has 2 fully saturated rings. The number of benzene rings is 2. The average molecular weight is 537 g/mol. The van der Waals surface area contributed by atoms with Gasteiger partial charge in [-0.2, -0.15) is 0 Å². The zero-order chi connectivity index (χ0) is 27.8. The molecule has 210 valence electrons. The van der Waals surface area contributed by atoms with E-state index in [1.807, 2.05) is 54.6 Å². The summed E-state index contributed by atoms with van der Waals surface area (Å²) in [5.74, 6) is -0.379. The predicted octanol–water partition coefficient (Wildman–Crippen LogP) is 1.43. The molecular weight excluding hydrogens is 496 g/mol. The molecule has 9 heteroatoms. The second kappa shape index (κ2) is 13.6. The monoisotopic (exact) mass is 536 g/mol. The van der Waals surface area contributed by atoms with Gasteiger partial charge in [-0.3, -0.25) is 14.4 Å². The number of nitrogens with one attached hydrogen (secondary N) is 3. The molecule has 2 aromatic rings. The van der Waals surface area contributed by atoms with Gasteiger partial charge in [0.2, 0.25) is 17.7 Å². The van der Waals surface area contributed by atoms with Crippen LogP contribution in [0.2, 0.25) is 0 Å². The summed E-state index contributed by atoms with van der Waals surface area (Å²) in [5, 5.41) is 19.1. The Morgan fingerprint density at radius 3 is 2.41 bits per heavy atom. The maximum absolute atomic E-state index is 13.9. The molecule has 2 heterocycles. The lowest BCUT2D eigenvalue weighted by atomic mass is 9.93. The summed E-state index contributed by atoms with van der Waals surface area (Å²) in [7, 11) is 3.34. The van der Waals surface area contributed by atoms with E-state index in [0.29, 0.717) is 38.6 Å². The van der Waals surface area contributed by atoms with Crippen LogP contribution in [0, 0.1) is 5.92 Å². The number of hydrogen-bond donors (Lipinski definition) is 4. The van der Waals surface area contributed by atoms with Crippen LogP contribution in [-0.2, 0) is 27.2 Å². The van der Waals surface area contributed by atoms with Crippen LogP contribution in [0.15, 0.2) is 54.6 Å². The smallest absolute Gasteiger partial charge is 0.246 e. The van der Waals surface area contributed by atoms with Crippen molar-refractivity contribution in [3.8, 4) is 5.75 Å². The van der Waals surface area contributed by atoms with E-state index in [2.05, 4.69) is 16.0 Å². The van der Waals surface area contributed by atoms with Crippen LogP contribution < -0.4 is 20.7 Å². The Bertz CT molecular complexity index is 1110. The second-order valence-corrected chi connectivity index (χ2v) is 10.4. The highest BCUT2D eigenvalue weighted by Gasteiger charge is 2.47. The second-order valence-electron chi connectivity index (χ2n) is 10.4. The van der Waals surface area contributed by atoms with Crippen molar-refractivity contribution in [1.82, 2.24) is 20.9 Å². The molecule has 0 aromatic heterocycles. The van der Waals surface area contributed by atoms with E-state index in [9.17, 15) is 19.5 Å². The van der Waals surface area contributed by atoms with Crippen molar-refractivity contribution < 1.29 is 24.2 Å². The molecule has 0 bridgehead atoms. The van der Waals surface area contributed by atoms with Crippen molar-refractivity contribution in [2.45, 2.75) is 62.7 Å². The first kappa shape index (κ1) is 28.6. The number of nitrogens with zero attached hydrogens (tertiary/aromatic N) is 1. The van der Waals surface area contributed by atoms with Crippen molar-refractivity contribution in [2.24, 2.45) is 5.92 Å². The maximum Gasteiger partial charge on any atom is 0.246 e. The number of aliphatic hydroxyl groups is 1. The highest BCUT2D eigenvalue weighted by Crippen LogP contribution is 2.34. The van der Waals surface area contributed by atoms with E-state index in [0.717, 1.165) is 23.3 Å². The number of likely N-dealkylation sites (N-methyl/N-ethyl adjacent to an activating group) is 1. The van der Waals surface area contributed by atoms with Gasteiger partial charge < -0.3 is 30.7 Å². The van der Waals surface area contributed by atoms with Gasteiger partial charge in [0.05, 0.1) is 13.2 Å². The average Bonchev–Trinajstić information content (AvgIpc) is 3.34. The first-order valence-electron chi connectivity index (χ1n) is 13.8. The summed E-state index contributed by atoms with van der Waals surface area (Å²) >= 11 is 0. The largest absolute Gasteiger partial charge is 0.497 e. The zero-order valence-electron chi connectivity index (χ0n) is 22.8. The van der Waals surface area contributed by atoms with E-state index >= 15 is 0 Å². The lowest BCUT2D eigenvalue weighted by Gasteiger charge is -2.32. The molecule has 0 spiro atoms. The van der Waals surface area contributed by atoms with Crippen molar-refractivity contribution in [3.05, 3.63) is 65.7 Å². The lowest BCUT2D eigenvalue weighted by Crippen LogP contribution is -2.58. The van der Waals surface area contributed by atoms with E-state index in [1.165, 1.54) is 0 Å². The van der Waals surface area contributed by atoms with Gasteiger partial charge in [-0.15, -0.1) is 0 Å². The number of ether oxygens (including phenoxy) is 1. The molecule has 2 aliphatic rings. The Hall–Kier alpha value is -3.43. The summed E-state index contributed by atoms with van der Waals surface area (Å²) < 4.78 is 5.19. The molecule has 39 heavy (non-hydrogen) atoms. The number of aliphatic hydroxyl groups excluding tert-OH is 1. The van der Waals surface area contributed by atoms with Gasteiger partial charge in [0, 0.05) is 25.1 Å². The first-order chi connectivity index (χ1) is 18.9. The van der Waals surface area contributed by atoms with Gasteiger partial charge in [0.1, 0.15) is 17.8 Å². The Labute approximate surface area is 230 Å². The third kappa shape index (κ3) is 6.96. The van der Waals surface area contributed by atoms with Crippen LogP contribution >= 0.6 is 0 Å². The number of amides is 3. The van der Waals surface area contributed by atoms with E-state index in [-0.39, 0.29) is 30.4 Å². The summed E-state index contributed by atoms with van der Waals surface area (Å²) in [5.41, 5.74) is 2.08. The summed E-state index contributed by atoms with van der Waals surface area (Å²) in [4.78, 5) is 42.0. The minimum absolute atomic E-state index is 0.0739. The van der Waals surface area contributed by atoms with Crippen LogP contribution in [0.25, 0.3) is 0 Å². The number of methoxy groups -OCH3 is 1. The number of fused-ring (bicyclic) bond motifs is 1. The Morgan fingerprint density at radius 2 is 1.74 bits per heavy atom. The number of carbonyl (C=O) groups is 3. The van der Waals surface area contributed by atoms with Crippen molar-refractivity contribution in [2.75, 3.05) is 27.3 Å². The topological polar surface area (TPSA) is 120 Å². The molecule has 9 nitrogen and oxygen atoms in total. The molecular formula is C30H40N4O5. The number of hydrogen-bond acceptors (Lipinski definition) is 6. The van der Waals surface area contributed by atoms with Crippen LogP contribution in [0.3, 0.4) is 0 Å². The van der Waals surface area contributed by atoms with E-state index < -0.39 is 24.0 Å². The van der Waals surface area contributed by atoms with Gasteiger partial charge in [0.15, 0.2) is 0 Å². The summed E-state index contributed by atoms with van der Waals surface area (Å²) in [6, 6.07) is 15.3. The third-order valence-corrected chi connectivity index (χ3v) is 8.02. The van der Waals surface area contributed by atoms with Gasteiger partial charge in [0.25, 0.3) is 0 Å². The van der Waals surface area contributed by atoms with E-state index in [4.69, 9.17) is 4.74 Å². The van der Waals surface area contributed by atoms with Crippen molar-refractivity contribution >= 4 is 17.7 Å². The maximum atomic E-state index is 13.9. The van der Waals surface area contributed by atoms with Gasteiger partial charge in [-0.25, -0.2) is 0 Å². The zero-order valence-corrected chi connectivity index (χ0v) is 22.8. The van der Waals surface area contributed by atoms with E-state index in [1.54, 1.807) is 19.1 Å². The minimum Gasteiger partial charge on any atom is -0.497 e. The molecule has 2 saturated heterocycles. The Morgan fingerprint density at radius 1 is 1.03 bits per heavy atom. The Balaban J connectivity index is 1.41. The van der Waals surface area contributed by atoms with Gasteiger partial charge in [-0.05, 0) is 68.8 Å². The number of carbonyl (C=O) groups excluding carboxylic acids is 3. The Kier molecular flexibility index (Phi) is 9.95. The predicted molar refractivity (Wildman–Crippen MR) is 148 cm³/mol. The van der Waals surface area contributed by atoms with Crippen molar-refractivity contribution in [1.29, 1.82) is 0 Å². The highest BCUT2D eigenvalue weighted by molar-refractivity contribution is 5.94. The molecule has 0 saturated carbocycles. The van der Waals surface area contributed by atoms with Crippen LogP contribution in [0.4, 0.5) is 0 Å². The van der Waals surface area contributed by atoms with Crippen LogP contribution in [0.5, 0.6) is 5.75 Å². The number of rotatable bonds is 11. The molecule has 5 atom stereocenters. The van der Waals surface area contributed by atoms with Crippen LogP contribution in [0.1, 0.15) is 36.8 Å². The highest BCUT2D eigenvalue weighted by atomic mass is 16.5. The molecule has 2 aliphatic heterocycles.